The Hall–Kier alpha value is -4.42. The molecule has 0 bridgehead atoms. The third-order valence-corrected chi connectivity index (χ3v) is 12.6. The molecule has 272 valence electrons. The van der Waals surface area contributed by atoms with E-state index in [1.807, 2.05) is 34.7 Å². The van der Waals surface area contributed by atoms with Crippen molar-refractivity contribution in [2.75, 3.05) is 40.3 Å². The molecule has 51 heavy (non-hydrogen) atoms. The second-order valence-corrected chi connectivity index (χ2v) is 16.6. The van der Waals surface area contributed by atoms with Gasteiger partial charge in [-0.1, -0.05) is 25.3 Å². The zero-order chi connectivity index (χ0) is 36.0. The van der Waals surface area contributed by atoms with E-state index >= 15 is 0 Å². The van der Waals surface area contributed by atoms with Crippen molar-refractivity contribution in [3.63, 3.8) is 0 Å². The third-order valence-electron chi connectivity index (χ3n) is 10.9. The predicted molar refractivity (Wildman–Crippen MR) is 203 cm³/mol. The number of carbonyl (C=O) groups excluding carboxylic acids is 2. The van der Waals surface area contributed by atoms with Gasteiger partial charge in [-0.05, 0) is 99.7 Å². The number of amides is 2. The first-order chi connectivity index (χ1) is 24.5. The number of aromatic nitrogens is 3. The molecule has 0 spiro atoms. The molecular formula is C39H50N6O5S. The number of aryl methyl sites for hydroxylation is 1. The van der Waals surface area contributed by atoms with Crippen LogP contribution in [0.15, 0.2) is 42.6 Å². The Morgan fingerprint density at radius 2 is 1.76 bits per heavy atom. The van der Waals surface area contributed by atoms with Crippen molar-refractivity contribution in [2.24, 2.45) is 0 Å². The van der Waals surface area contributed by atoms with Crippen LogP contribution in [0, 0.1) is 0 Å². The fourth-order valence-electron chi connectivity index (χ4n) is 7.93. The highest BCUT2D eigenvalue weighted by atomic mass is 32.2. The Bertz CT molecular complexity index is 2140. The van der Waals surface area contributed by atoms with Crippen LogP contribution in [-0.4, -0.2) is 90.0 Å². The number of hydrogen-bond donors (Lipinski definition) is 1. The molecule has 4 heterocycles. The molecule has 7 rings (SSSR count). The quantitative estimate of drug-likeness (QED) is 0.230. The maximum absolute atomic E-state index is 14.2. The maximum atomic E-state index is 14.2. The molecule has 0 radical (unpaired) electrons. The Balaban J connectivity index is 0.00000464. The number of nitrogens with one attached hydrogen (secondary N) is 1. The lowest BCUT2D eigenvalue weighted by atomic mass is 9.81. The average molecular weight is 715 g/mol. The lowest BCUT2D eigenvalue weighted by Crippen LogP contribution is -2.47. The molecule has 1 aliphatic carbocycles. The van der Waals surface area contributed by atoms with E-state index in [1.54, 1.807) is 33.2 Å². The number of likely N-dealkylation sites (N-methyl/N-ethyl adjacent to an activating group) is 1. The van der Waals surface area contributed by atoms with Crippen molar-refractivity contribution in [3.05, 3.63) is 70.5 Å². The van der Waals surface area contributed by atoms with Gasteiger partial charge in [0.25, 0.3) is 11.8 Å². The summed E-state index contributed by atoms with van der Waals surface area (Å²) in [6.07, 6.45) is 9.52. The molecule has 1 N–H and O–H groups in total. The number of benzene rings is 2. The smallest absolute Gasteiger partial charge is 0.264 e. The van der Waals surface area contributed by atoms with E-state index in [9.17, 15) is 18.0 Å². The first-order valence-corrected chi connectivity index (χ1v) is 19.7. The predicted octanol–water partition coefficient (Wildman–Crippen LogP) is 6.24. The summed E-state index contributed by atoms with van der Waals surface area (Å²) in [7, 11) is -0.0898. The monoisotopic (exact) mass is 714 g/mol. The van der Waals surface area contributed by atoms with Gasteiger partial charge in [0.15, 0.2) is 0 Å². The molecule has 3 aliphatic rings. The van der Waals surface area contributed by atoms with E-state index in [-0.39, 0.29) is 12.9 Å². The van der Waals surface area contributed by atoms with E-state index in [0.717, 1.165) is 83.5 Å². The van der Waals surface area contributed by atoms with E-state index in [1.165, 1.54) is 12.0 Å². The van der Waals surface area contributed by atoms with Crippen LogP contribution in [0.5, 0.6) is 5.75 Å². The van der Waals surface area contributed by atoms with Crippen LogP contribution in [0.4, 0.5) is 0 Å². The first kappa shape index (κ1) is 35.0. The molecule has 0 unspecified atom stereocenters. The molecule has 2 amide bonds. The number of piperazine rings is 1. The van der Waals surface area contributed by atoms with E-state index in [0.29, 0.717) is 37.7 Å². The van der Waals surface area contributed by atoms with Gasteiger partial charge in [-0.2, -0.15) is 5.10 Å². The summed E-state index contributed by atoms with van der Waals surface area (Å²) in [5, 5.41) is 5.02. The number of carbonyl (C=O) groups is 2. The van der Waals surface area contributed by atoms with Gasteiger partial charge in [0.2, 0.25) is 10.0 Å². The van der Waals surface area contributed by atoms with Crippen LogP contribution in [0.25, 0.3) is 33.8 Å². The third kappa shape index (κ3) is 6.48. The van der Waals surface area contributed by atoms with Gasteiger partial charge in [-0.15, -0.1) is 0 Å². The van der Waals surface area contributed by atoms with Crippen molar-refractivity contribution in [2.45, 2.75) is 77.1 Å². The molecule has 4 aromatic rings. The molecular weight excluding hydrogens is 665 g/mol. The van der Waals surface area contributed by atoms with Crippen LogP contribution in [0.3, 0.4) is 0 Å². The number of sulfonamides is 1. The minimum atomic E-state index is -3.83. The Kier molecular flexibility index (Phi) is 9.57. The summed E-state index contributed by atoms with van der Waals surface area (Å²) < 4.78 is 37.6. The molecule has 1 saturated heterocycles. The minimum Gasteiger partial charge on any atom is -0.497 e. The zero-order valence-corrected chi connectivity index (χ0v) is 31.1. The fourth-order valence-corrected chi connectivity index (χ4v) is 8.54. The lowest BCUT2D eigenvalue weighted by molar-refractivity contribution is 0.0663. The average Bonchev–Trinajstić information content (AvgIpc) is 3.65. The molecule has 2 aromatic carbocycles. The Morgan fingerprint density at radius 1 is 1.02 bits per heavy atom. The van der Waals surface area contributed by atoms with Crippen molar-refractivity contribution in [1.29, 1.82) is 0 Å². The highest BCUT2D eigenvalue weighted by molar-refractivity contribution is 7.90. The number of nitrogens with zero attached hydrogens (tertiary/aromatic N) is 5. The number of rotatable bonds is 8. The van der Waals surface area contributed by atoms with Gasteiger partial charge < -0.3 is 19.1 Å². The van der Waals surface area contributed by atoms with Crippen LogP contribution in [0.2, 0.25) is 0 Å². The van der Waals surface area contributed by atoms with Crippen LogP contribution in [-0.2, 0) is 23.1 Å². The van der Waals surface area contributed by atoms with Gasteiger partial charge in [-0.25, -0.2) is 13.1 Å². The van der Waals surface area contributed by atoms with Gasteiger partial charge in [0, 0.05) is 56.2 Å². The molecule has 0 atom stereocenters. The summed E-state index contributed by atoms with van der Waals surface area (Å²) in [6, 6.07) is 11.7. The normalized spacial score (nSPS) is 17.2. The number of ether oxygens (including phenoxy) is 1. The highest BCUT2D eigenvalue weighted by Gasteiger charge is 2.33. The highest BCUT2D eigenvalue weighted by Crippen LogP contribution is 2.48. The molecule has 2 fully saturated rings. The van der Waals surface area contributed by atoms with Crippen molar-refractivity contribution in [1.82, 2.24) is 28.9 Å². The van der Waals surface area contributed by atoms with Crippen LogP contribution < -0.4 is 9.46 Å². The fraction of sp³-hybridized carbons (Fsp3) is 0.462. The Labute approximate surface area is 301 Å². The number of allylic oxidation sites excluding steroid dienone is 1. The molecule has 2 aromatic heterocycles. The second-order valence-electron chi connectivity index (χ2n) is 14.4. The van der Waals surface area contributed by atoms with Crippen molar-refractivity contribution >= 4 is 44.4 Å². The minimum absolute atomic E-state index is 0. The summed E-state index contributed by atoms with van der Waals surface area (Å²) in [6.45, 7) is 9.06. The van der Waals surface area contributed by atoms with E-state index in [4.69, 9.17) is 9.84 Å². The summed E-state index contributed by atoms with van der Waals surface area (Å²) in [5.41, 5.74) is 7.76. The topological polar surface area (TPSA) is 119 Å². The SMILES string of the molecule is CCn1ncc(C(=O)N2CCN(C)CC2)c1C1=Cc2cc(OC)ccc2-c2c(C3CCCCC3)c3ccc(C(=O)NS(=O)(=O)C(C)C)cc3n2C1.[HH]. The van der Waals surface area contributed by atoms with Gasteiger partial charge >= 0.3 is 0 Å². The summed E-state index contributed by atoms with van der Waals surface area (Å²) in [5.74, 6) is 0.375. The summed E-state index contributed by atoms with van der Waals surface area (Å²) in [4.78, 5) is 31.8. The molecule has 1 saturated carbocycles. The standard InChI is InChI=1S/C39H48N6O5S.H2/c1-6-45-36(33(23-40-45)39(47)43-18-16-42(4)17-19-43)29-20-28-21-30(50-5)13-15-31(28)37-35(26-10-8-7-9-11-26)32-14-12-27(22-34(32)44(37)24-29)38(46)41-51(48,49)25(2)3;/h12-15,20-23,25-26H,6-11,16-19,24H2,1-5H3,(H,41,46);1H. The van der Waals surface area contributed by atoms with Crippen molar-refractivity contribution in [3.8, 4) is 17.0 Å². The van der Waals surface area contributed by atoms with E-state index < -0.39 is 21.2 Å². The van der Waals surface area contributed by atoms with Crippen LogP contribution >= 0.6 is 0 Å². The van der Waals surface area contributed by atoms with Gasteiger partial charge in [-0.3, -0.25) is 14.3 Å². The number of methoxy groups -OCH3 is 1. The van der Waals surface area contributed by atoms with Gasteiger partial charge in [0.1, 0.15) is 5.75 Å². The van der Waals surface area contributed by atoms with Crippen molar-refractivity contribution < 1.29 is 24.2 Å². The molecule has 2 aliphatic heterocycles. The molecule has 12 heteroatoms. The maximum Gasteiger partial charge on any atom is 0.264 e. The summed E-state index contributed by atoms with van der Waals surface area (Å²) >= 11 is 0. The number of fused-ring (bicyclic) bond motifs is 5. The zero-order valence-electron chi connectivity index (χ0n) is 30.2. The largest absolute Gasteiger partial charge is 0.497 e. The lowest BCUT2D eigenvalue weighted by Gasteiger charge is -2.32. The number of hydrogen-bond acceptors (Lipinski definition) is 7. The van der Waals surface area contributed by atoms with E-state index in [2.05, 4.69) is 39.4 Å². The Morgan fingerprint density at radius 3 is 2.45 bits per heavy atom. The van der Waals surface area contributed by atoms with Crippen LogP contribution in [0.1, 0.15) is 97.8 Å². The molecule has 11 nitrogen and oxygen atoms in total. The first-order valence-electron chi connectivity index (χ1n) is 18.2. The second kappa shape index (κ2) is 14.0. The van der Waals surface area contributed by atoms with Gasteiger partial charge in [0.05, 0.1) is 42.1 Å².